The zero-order valence-electron chi connectivity index (χ0n) is 8.18. The quantitative estimate of drug-likeness (QED) is 0.506. The Labute approximate surface area is 88.9 Å². The maximum absolute atomic E-state index is 9.80. The summed E-state index contributed by atoms with van der Waals surface area (Å²) in [6, 6.07) is 0.220. The molecule has 0 spiro atoms. The maximum Gasteiger partial charge on any atom is 0.169 e. The lowest BCUT2D eigenvalue weighted by Crippen LogP contribution is -2.55. The first-order valence-corrected chi connectivity index (χ1v) is 5.41. The van der Waals surface area contributed by atoms with E-state index in [0.29, 0.717) is 11.5 Å². The third-order valence-corrected chi connectivity index (χ3v) is 3.74. The lowest BCUT2D eigenvalue weighted by atomic mass is 9.85. The van der Waals surface area contributed by atoms with Gasteiger partial charge in [-0.15, -0.1) is 0 Å². The van der Waals surface area contributed by atoms with Crippen molar-refractivity contribution >= 4 is 17.3 Å². The summed E-state index contributed by atoms with van der Waals surface area (Å²) in [7, 11) is 0. The number of aliphatic hydroxyl groups excluding tert-OH is 2. The van der Waals surface area contributed by atoms with E-state index in [4.69, 9.17) is 12.2 Å². The highest BCUT2D eigenvalue weighted by molar-refractivity contribution is 7.80. The zero-order chi connectivity index (χ0) is 10.3. The first-order valence-electron chi connectivity index (χ1n) is 5.00. The van der Waals surface area contributed by atoms with E-state index in [9.17, 15) is 10.2 Å². The number of nitrogens with zero attached hydrogens (tertiary/aromatic N) is 1. The van der Waals surface area contributed by atoms with Crippen molar-refractivity contribution in [1.29, 1.82) is 0 Å². The first kappa shape index (κ1) is 10.1. The highest BCUT2D eigenvalue weighted by atomic mass is 32.1. The molecule has 0 aliphatic carbocycles. The molecule has 0 aromatic heterocycles. The van der Waals surface area contributed by atoms with Crippen LogP contribution < -0.4 is 5.32 Å². The molecule has 2 saturated heterocycles. The van der Waals surface area contributed by atoms with Crippen LogP contribution in [0.15, 0.2) is 0 Å². The number of hydrogen-bond acceptors (Lipinski definition) is 3. The van der Waals surface area contributed by atoms with Crippen LogP contribution in [0.4, 0.5) is 0 Å². The Morgan fingerprint density at radius 3 is 3.00 bits per heavy atom. The monoisotopic (exact) mass is 216 g/mol. The molecule has 0 radical (unpaired) electrons. The van der Waals surface area contributed by atoms with Crippen LogP contribution in [0.25, 0.3) is 0 Å². The molecule has 0 aromatic rings. The van der Waals surface area contributed by atoms with Crippen LogP contribution in [0.2, 0.25) is 0 Å². The fraction of sp³-hybridized carbons (Fsp3) is 0.889. The van der Waals surface area contributed by atoms with Gasteiger partial charge in [0.25, 0.3) is 0 Å². The summed E-state index contributed by atoms with van der Waals surface area (Å²) in [4.78, 5) is 2.05. The molecule has 2 aliphatic heterocycles. The molecular formula is C9H16N2O2S. The number of rotatable bonds is 1. The molecule has 14 heavy (non-hydrogen) atoms. The van der Waals surface area contributed by atoms with Crippen molar-refractivity contribution in [3.63, 3.8) is 0 Å². The Bertz CT molecular complexity index is 249. The average molecular weight is 216 g/mol. The minimum absolute atomic E-state index is 0.0197. The zero-order valence-corrected chi connectivity index (χ0v) is 9.00. The Morgan fingerprint density at radius 2 is 2.36 bits per heavy atom. The number of nitrogens with one attached hydrogen (secondary N) is 1. The SMILES string of the molecule is CC1C(O)CC(CO)N2C(=S)NCC12. The lowest BCUT2D eigenvalue weighted by molar-refractivity contribution is -0.0128. The summed E-state index contributed by atoms with van der Waals surface area (Å²) in [5, 5.41) is 22.9. The smallest absolute Gasteiger partial charge is 0.169 e. The van der Waals surface area contributed by atoms with Gasteiger partial charge in [0.2, 0.25) is 0 Å². The molecule has 3 N–H and O–H groups in total. The van der Waals surface area contributed by atoms with Gasteiger partial charge in [-0.3, -0.25) is 0 Å². The Morgan fingerprint density at radius 1 is 1.64 bits per heavy atom. The topological polar surface area (TPSA) is 55.7 Å². The number of aliphatic hydroxyl groups is 2. The standard InChI is InChI=1S/C9H16N2O2S/c1-5-7-3-10-9(14)11(7)6(4-12)2-8(5)13/h5-8,12-13H,2-4H2,1H3,(H,10,14). The lowest BCUT2D eigenvalue weighted by Gasteiger charge is -2.43. The second kappa shape index (κ2) is 3.64. The van der Waals surface area contributed by atoms with Crippen LogP contribution in [0.3, 0.4) is 0 Å². The van der Waals surface area contributed by atoms with Crippen molar-refractivity contribution in [2.75, 3.05) is 13.2 Å². The van der Waals surface area contributed by atoms with Gasteiger partial charge >= 0.3 is 0 Å². The Kier molecular flexibility index (Phi) is 2.64. The predicted octanol–water partition coefficient (Wildman–Crippen LogP) is -0.693. The Balaban J connectivity index is 2.21. The van der Waals surface area contributed by atoms with Crippen molar-refractivity contribution in [2.45, 2.75) is 31.5 Å². The largest absolute Gasteiger partial charge is 0.394 e. The summed E-state index contributed by atoms with van der Waals surface area (Å²) in [6.07, 6.45) is 0.284. The third-order valence-electron chi connectivity index (χ3n) is 3.39. The van der Waals surface area contributed by atoms with Crippen molar-refractivity contribution in [3.8, 4) is 0 Å². The minimum Gasteiger partial charge on any atom is -0.394 e. The van der Waals surface area contributed by atoms with Gasteiger partial charge in [-0.25, -0.2) is 0 Å². The average Bonchev–Trinajstić information content (AvgIpc) is 2.55. The summed E-state index contributed by atoms with van der Waals surface area (Å²) >= 11 is 5.17. The molecule has 4 atom stereocenters. The van der Waals surface area contributed by atoms with Gasteiger partial charge in [-0.2, -0.15) is 0 Å². The maximum atomic E-state index is 9.80. The summed E-state index contributed by atoms with van der Waals surface area (Å²) < 4.78 is 0. The van der Waals surface area contributed by atoms with Crippen molar-refractivity contribution in [3.05, 3.63) is 0 Å². The van der Waals surface area contributed by atoms with Crippen LogP contribution in [0.1, 0.15) is 13.3 Å². The van der Waals surface area contributed by atoms with E-state index in [0.717, 1.165) is 6.54 Å². The molecule has 2 rings (SSSR count). The van der Waals surface area contributed by atoms with Crippen LogP contribution in [-0.2, 0) is 0 Å². The molecule has 0 saturated carbocycles. The molecule has 2 fully saturated rings. The fourth-order valence-electron chi connectivity index (χ4n) is 2.43. The van der Waals surface area contributed by atoms with Crippen molar-refractivity contribution in [1.82, 2.24) is 10.2 Å². The van der Waals surface area contributed by atoms with Gasteiger partial charge in [0.05, 0.1) is 24.8 Å². The van der Waals surface area contributed by atoms with Gasteiger partial charge in [0.15, 0.2) is 5.11 Å². The molecule has 80 valence electrons. The normalized spacial score (nSPS) is 42.2. The summed E-state index contributed by atoms with van der Waals surface area (Å²) in [6.45, 7) is 2.88. The van der Waals surface area contributed by atoms with Gasteiger partial charge in [0.1, 0.15) is 0 Å². The molecule has 0 bridgehead atoms. The molecule has 0 amide bonds. The van der Waals surface area contributed by atoms with Crippen LogP contribution in [-0.4, -0.2) is 51.6 Å². The molecule has 5 heteroatoms. The fourth-order valence-corrected chi connectivity index (χ4v) is 2.80. The highest BCUT2D eigenvalue weighted by Crippen LogP contribution is 2.30. The van der Waals surface area contributed by atoms with Gasteiger partial charge in [0, 0.05) is 12.5 Å². The highest BCUT2D eigenvalue weighted by Gasteiger charge is 2.44. The first-order chi connectivity index (χ1) is 6.65. The number of hydrogen-bond donors (Lipinski definition) is 3. The van der Waals surface area contributed by atoms with Crippen LogP contribution in [0.5, 0.6) is 0 Å². The van der Waals surface area contributed by atoms with Gasteiger partial charge in [-0.05, 0) is 18.6 Å². The van der Waals surface area contributed by atoms with Crippen LogP contribution in [0, 0.1) is 5.92 Å². The molecule has 2 heterocycles. The second-order valence-electron chi connectivity index (χ2n) is 4.16. The Hall–Kier alpha value is -0.390. The van der Waals surface area contributed by atoms with E-state index >= 15 is 0 Å². The number of thiocarbonyl (C=S) groups is 1. The van der Waals surface area contributed by atoms with E-state index in [1.807, 2.05) is 11.8 Å². The molecular weight excluding hydrogens is 200 g/mol. The van der Waals surface area contributed by atoms with Gasteiger partial charge < -0.3 is 20.4 Å². The minimum atomic E-state index is -0.323. The van der Waals surface area contributed by atoms with E-state index in [1.54, 1.807) is 0 Å². The summed E-state index contributed by atoms with van der Waals surface area (Å²) in [5.41, 5.74) is 0. The van der Waals surface area contributed by atoms with E-state index < -0.39 is 0 Å². The van der Waals surface area contributed by atoms with E-state index in [2.05, 4.69) is 5.32 Å². The molecule has 0 aromatic carbocycles. The van der Waals surface area contributed by atoms with Crippen molar-refractivity contribution in [2.24, 2.45) is 5.92 Å². The van der Waals surface area contributed by atoms with E-state index in [1.165, 1.54) is 0 Å². The number of fused-ring (bicyclic) bond motifs is 1. The second-order valence-corrected chi connectivity index (χ2v) is 4.55. The summed E-state index contributed by atoms with van der Waals surface area (Å²) in [5.74, 6) is 0.214. The van der Waals surface area contributed by atoms with Gasteiger partial charge in [-0.1, -0.05) is 6.92 Å². The third kappa shape index (κ3) is 1.39. The number of piperidine rings is 1. The molecule has 2 aliphatic rings. The molecule has 4 nitrogen and oxygen atoms in total. The predicted molar refractivity (Wildman–Crippen MR) is 56.9 cm³/mol. The van der Waals surface area contributed by atoms with E-state index in [-0.39, 0.29) is 30.7 Å². The van der Waals surface area contributed by atoms with Crippen molar-refractivity contribution < 1.29 is 10.2 Å². The van der Waals surface area contributed by atoms with Crippen LogP contribution >= 0.6 is 12.2 Å². The molecule has 4 unspecified atom stereocenters.